The van der Waals surface area contributed by atoms with Crippen molar-refractivity contribution in [1.29, 1.82) is 0 Å². The van der Waals surface area contributed by atoms with Crippen molar-refractivity contribution in [2.24, 2.45) is 5.73 Å². The summed E-state index contributed by atoms with van der Waals surface area (Å²) in [5.74, 6) is -1.06. The zero-order chi connectivity index (χ0) is 10.3. The van der Waals surface area contributed by atoms with E-state index in [0.29, 0.717) is 9.13 Å². The Morgan fingerprint density at radius 2 is 1.93 bits per heavy atom. The van der Waals surface area contributed by atoms with Crippen molar-refractivity contribution >= 4 is 22.6 Å². The molecule has 4 heteroatoms. The molecule has 1 aliphatic rings. The first kappa shape index (κ1) is 10.3. The number of benzene rings is 1. The minimum absolute atomic E-state index is 0.450. The van der Waals surface area contributed by atoms with Crippen molar-refractivity contribution in [2.75, 3.05) is 0 Å². The zero-order valence-electron chi connectivity index (χ0n) is 7.49. The largest absolute Gasteiger partial charge is 0.321 e. The number of rotatable bonds is 1. The topological polar surface area (TPSA) is 26.0 Å². The Balaban J connectivity index is 2.51. The molecule has 1 nitrogen and oxygen atoms in total. The van der Waals surface area contributed by atoms with Gasteiger partial charge in [-0.1, -0.05) is 0 Å². The molecule has 1 aromatic rings. The number of hydrogen-bond acceptors (Lipinski definition) is 1. The van der Waals surface area contributed by atoms with E-state index in [0.717, 1.165) is 25.3 Å². The van der Waals surface area contributed by atoms with E-state index in [1.165, 1.54) is 6.07 Å². The maximum Gasteiger partial charge on any atom is 0.139 e. The molecule has 0 radical (unpaired) electrons. The fraction of sp³-hybridized carbons (Fsp3) is 0.400. The molecule has 0 unspecified atom stereocenters. The van der Waals surface area contributed by atoms with Crippen LogP contribution in [0.15, 0.2) is 12.1 Å². The van der Waals surface area contributed by atoms with Crippen LogP contribution in [0.2, 0.25) is 0 Å². The van der Waals surface area contributed by atoms with Crippen LogP contribution in [0.4, 0.5) is 8.78 Å². The lowest BCUT2D eigenvalue weighted by Gasteiger charge is -2.39. The summed E-state index contributed by atoms with van der Waals surface area (Å²) in [4.78, 5) is 0. The van der Waals surface area contributed by atoms with Gasteiger partial charge >= 0.3 is 0 Å². The summed E-state index contributed by atoms with van der Waals surface area (Å²) in [7, 11) is 0. The van der Waals surface area contributed by atoms with Gasteiger partial charge in [0.25, 0.3) is 0 Å². The highest BCUT2D eigenvalue weighted by atomic mass is 127. The van der Waals surface area contributed by atoms with E-state index in [1.807, 2.05) is 22.6 Å². The van der Waals surface area contributed by atoms with Crippen LogP contribution in [0.1, 0.15) is 24.8 Å². The van der Waals surface area contributed by atoms with E-state index in [2.05, 4.69) is 0 Å². The van der Waals surface area contributed by atoms with Gasteiger partial charge in [-0.05, 0) is 53.5 Å². The maximum absolute atomic E-state index is 13.2. The Kier molecular flexibility index (Phi) is 2.51. The Morgan fingerprint density at radius 1 is 1.29 bits per heavy atom. The van der Waals surface area contributed by atoms with Gasteiger partial charge in [0.2, 0.25) is 0 Å². The second kappa shape index (κ2) is 3.41. The van der Waals surface area contributed by atoms with E-state index in [1.54, 1.807) is 0 Å². The molecular weight excluding hydrogens is 299 g/mol. The highest BCUT2D eigenvalue weighted by Crippen LogP contribution is 2.41. The summed E-state index contributed by atoms with van der Waals surface area (Å²) < 4.78 is 26.7. The quantitative estimate of drug-likeness (QED) is 0.626. The van der Waals surface area contributed by atoms with Crippen LogP contribution in [0.5, 0.6) is 0 Å². The van der Waals surface area contributed by atoms with Crippen LogP contribution >= 0.6 is 22.6 Å². The molecule has 0 spiro atoms. The zero-order valence-corrected chi connectivity index (χ0v) is 9.64. The maximum atomic E-state index is 13.2. The molecule has 0 aliphatic heterocycles. The lowest BCUT2D eigenvalue weighted by atomic mass is 9.73. The summed E-state index contributed by atoms with van der Waals surface area (Å²) in [6, 6.07) is 2.25. The smallest absolute Gasteiger partial charge is 0.139 e. The standard InChI is InChI=1S/C10H10F2IN/c11-6-4-7(9(13)8(12)5-6)10(14)2-1-3-10/h4-5H,1-3,14H2. The number of nitrogens with two attached hydrogens (primary N) is 1. The molecule has 0 amide bonds. The lowest BCUT2D eigenvalue weighted by Crippen LogP contribution is -2.44. The van der Waals surface area contributed by atoms with Gasteiger partial charge in [0.15, 0.2) is 0 Å². The molecule has 0 bridgehead atoms. The van der Waals surface area contributed by atoms with Crippen LogP contribution in [0.3, 0.4) is 0 Å². The Morgan fingerprint density at radius 3 is 2.43 bits per heavy atom. The Bertz CT molecular complexity index is 375. The third kappa shape index (κ3) is 1.54. The number of hydrogen-bond donors (Lipinski definition) is 1. The van der Waals surface area contributed by atoms with Crippen LogP contribution in [-0.4, -0.2) is 0 Å². The fourth-order valence-corrected chi connectivity index (χ4v) is 2.59. The van der Waals surface area contributed by atoms with Gasteiger partial charge in [0.05, 0.1) is 3.57 Å². The van der Waals surface area contributed by atoms with Gasteiger partial charge in [-0.2, -0.15) is 0 Å². The molecule has 0 aromatic heterocycles. The third-order valence-electron chi connectivity index (χ3n) is 2.78. The summed E-state index contributed by atoms with van der Waals surface area (Å²) in [5, 5.41) is 0. The normalized spacial score (nSPS) is 19.1. The molecule has 1 aliphatic carbocycles. The fourth-order valence-electron chi connectivity index (χ4n) is 1.75. The summed E-state index contributed by atoms with van der Waals surface area (Å²) in [6.45, 7) is 0. The van der Waals surface area contributed by atoms with E-state index in [-0.39, 0.29) is 0 Å². The Labute approximate surface area is 94.8 Å². The van der Waals surface area contributed by atoms with E-state index < -0.39 is 17.2 Å². The molecule has 1 saturated carbocycles. The molecule has 0 atom stereocenters. The highest BCUT2D eigenvalue weighted by molar-refractivity contribution is 14.1. The van der Waals surface area contributed by atoms with Crippen molar-refractivity contribution in [2.45, 2.75) is 24.8 Å². The SMILES string of the molecule is NC1(c2cc(F)cc(F)c2I)CCC1. The summed E-state index contributed by atoms with van der Waals surface area (Å²) in [5.41, 5.74) is 6.14. The summed E-state index contributed by atoms with van der Waals surface area (Å²) >= 11 is 1.88. The van der Waals surface area contributed by atoms with Crippen LogP contribution in [0, 0.1) is 15.2 Å². The van der Waals surface area contributed by atoms with Crippen LogP contribution in [0.25, 0.3) is 0 Å². The highest BCUT2D eigenvalue weighted by Gasteiger charge is 2.36. The first-order valence-corrected chi connectivity index (χ1v) is 5.55. The summed E-state index contributed by atoms with van der Waals surface area (Å²) in [6.07, 6.45) is 2.66. The molecule has 0 heterocycles. The Hall–Kier alpha value is -0.230. The average molecular weight is 309 g/mol. The molecule has 76 valence electrons. The molecule has 14 heavy (non-hydrogen) atoms. The van der Waals surface area contributed by atoms with Crippen molar-refractivity contribution in [3.05, 3.63) is 32.9 Å². The second-order valence-electron chi connectivity index (χ2n) is 3.76. The molecule has 2 rings (SSSR count). The first-order chi connectivity index (χ1) is 6.53. The van der Waals surface area contributed by atoms with Crippen LogP contribution < -0.4 is 5.73 Å². The first-order valence-electron chi connectivity index (χ1n) is 4.47. The molecule has 1 aromatic carbocycles. The van der Waals surface area contributed by atoms with Gasteiger partial charge < -0.3 is 5.73 Å². The predicted molar refractivity (Wildman–Crippen MR) is 58.8 cm³/mol. The lowest BCUT2D eigenvalue weighted by molar-refractivity contribution is 0.250. The van der Waals surface area contributed by atoms with E-state index in [4.69, 9.17) is 5.73 Å². The van der Waals surface area contributed by atoms with Crippen molar-refractivity contribution < 1.29 is 8.78 Å². The third-order valence-corrected chi connectivity index (χ3v) is 3.87. The minimum Gasteiger partial charge on any atom is -0.321 e. The number of halogens is 3. The van der Waals surface area contributed by atoms with E-state index >= 15 is 0 Å². The van der Waals surface area contributed by atoms with Gasteiger partial charge in [-0.15, -0.1) is 0 Å². The molecule has 1 fully saturated rings. The van der Waals surface area contributed by atoms with Gasteiger partial charge in [-0.25, -0.2) is 8.78 Å². The molecule has 0 saturated heterocycles. The van der Waals surface area contributed by atoms with Crippen LogP contribution in [-0.2, 0) is 5.54 Å². The minimum atomic E-state index is -0.547. The van der Waals surface area contributed by atoms with Gasteiger partial charge in [0.1, 0.15) is 11.6 Å². The average Bonchev–Trinajstić information content (AvgIpc) is 2.07. The van der Waals surface area contributed by atoms with E-state index in [9.17, 15) is 8.78 Å². The molecular formula is C10H10F2IN. The monoisotopic (exact) mass is 309 g/mol. The van der Waals surface area contributed by atoms with Gasteiger partial charge in [-0.3, -0.25) is 0 Å². The van der Waals surface area contributed by atoms with Crippen molar-refractivity contribution in [3.63, 3.8) is 0 Å². The molecule has 2 N–H and O–H groups in total. The van der Waals surface area contributed by atoms with Gasteiger partial charge in [0, 0.05) is 11.6 Å². The second-order valence-corrected chi connectivity index (χ2v) is 4.84. The van der Waals surface area contributed by atoms with Crippen molar-refractivity contribution in [1.82, 2.24) is 0 Å². The van der Waals surface area contributed by atoms with Crippen molar-refractivity contribution in [3.8, 4) is 0 Å². The predicted octanol–water partition coefficient (Wildman–Crippen LogP) is 2.91.